The van der Waals surface area contributed by atoms with Gasteiger partial charge in [0.25, 0.3) is 0 Å². The molecule has 5 atom stereocenters. The zero-order valence-electron chi connectivity index (χ0n) is 13.4. The lowest BCUT2D eigenvalue weighted by Crippen LogP contribution is -2.59. The number of carbonyl (C=O) groups is 1. The third-order valence-corrected chi connectivity index (χ3v) is 6.50. The van der Waals surface area contributed by atoms with Crippen molar-refractivity contribution in [3.05, 3.63) is 0 Å². The van der Waals surface area contributed by atoms with E-state index in [9.17, 15) is 20.1 Å². The topological polar surface area (TPSA) is 96.2 Å². The van der Waals surface area contributed by atoms with Crippen molar-refractivity contribution in [2.24, 2.45) is 23.2 Å². The van der Waals surface area contributed by atoms with Gasteiger partial charge in [0.2, 0.25) is 6.29 Å². The Hall–Kier alpha value is -0.690. The highest BCUT2D eigenvalue weighted by atomic mass is 16.7. The van der Waals surface area contributed by atoms with Crippen LogP contribution in [-0.2, 0) is 14.3 Å². The van der Waals surface area contributed by atoms with E-state index in [4.69, 9.17) is 9.47 Å². The summed E-state index contributed by atoms with van der Waals surface area (Å²) in [6, 6.07) is 0. The molecule has 0 aromatic rings. The first-order chi connectivity index (χ1) is 10.9. The van der Waals surface area contributed by atoms with E-state index in [0.29, 0.717) is 17.8 Å². The molecule has 5 rings (SSSR count). The summed E-state index contributed by atoms with van der Waals surface area (Å²) < 4.78 is 10.9. The molecule has 1 saturated heterocycles. The average molecular weight is 326 g/mol. The summed E-state index contributed by atoms with van der Waals surface area (Å²) in [5.41, 5.74) is -0.428. The molecule has 1 aliphatic heterocycles. The quantitative estimate of drug-likeness (QED) is 0.642. The predicted molar refractivity (Wildman–Crippen MR) is 79.1 cm³/mol. The van der Waals surface area contributed by atoms with Crippen LogP contribution in [0.2, 0.25) is 0 Å². The normalized spacial score (nSPS) is 55.0. The van der Waals surface area contributed by atoms with Gasteiger partial charge in [-0.3, -0.25) is 4.79 Å². The molecular weight excluding hydrogens is 300 g/mol. The van der Waals surface area contributed by atoms with Gasteiger partial charge < -0.3 is 24.8 Å². The second-order valence-corrected chi connectivity index (χ2v) is 8.28. The van der Waals surface area contributed by atoms with Crippen molar-refractivity contribution in [3.63, 3.8) is 0 Å². The van der Waals surface area contributed by atoms with E-state index >= 15 is 0 Å². The fraction of sp³-hybridized carbons (Fsp3) is 0.941. The molecule has 5 aliphatic rings. The Morgan fingerprint density at radius 3 is 2.00 bits per heavy atom. The van der Waals surface area contributed by atoms with Gasteiger partial charge in [-0.1, -0.05) is 0 Å². The summed E-state index contributed by atoms with van der Waals surface area (Å²) in [6.07, 6.45) is 0.466. The summed E-state index contributed by atoms with van der Waals surface area (Å²) in [6.45, 7) is 1.59. The fourth-order valence-electron chi connectivity index (χ4n) is 5.70. The van der Waals surface area contributed by atoms with E-state index < -0.39 is 36.1 Å². The van der Waals surface area contributed by atoms with Gasteiger partial charge in [0, 0.05) is 0 Å². The first kappa shape index (κ1) is 15.8. The number of aliphatic hydroxyl groups excluding tert-OH is 3. The van der Waals surface area contributed by atoms with Crippen molar-refractivity contribution in [1.82, 2.24) is 0 Å². The van der Waals surface area contributed by atoms with Gasteiger partial charge in [-0.25, -0.2) is 0 Å². The molecule has 23 heavy (non-hydrogen) atoms. The highest BCUT2D eigenvalue weighted by Crippen LogP contribution is 2.60. The Labute approximate surface area is 135 Å². The summed E-state index contributed by atoms with van der Waals surface area (Å²) in [5.74, 6) is 1.57. The summed E-state index contributed by atoms with van der Waals surface area (Å²) >= 11 is 0. The monoisotopic (exact) mass is 326 g/mol. The molecule has 1 heterocycles. The minimum absolute atomic E-state index is 0.295. The number of hydrogen-bond acceptors (Lipinski definition) is 6. The molecule has 0 radical (unpaired) electrons. The third-order valence-electron chi connectivity index (χ3n) is 6.50. The van der Waals surface area contributed by atoms with Crippen LogP contribution in [0.25, 0.3) is 0 Å². The predicted octanol–water partition coefficient (Wildman–Crippen LogP) is 0.573. The SMILES string of the molecule is C[C@@H]1O[C@@H](OC(=O)C23CC4CC(CC(C4)C2)C3)[C@H](O)[C@H](O)[C@H]1O. The van der Waals surface area contributed by atoms with Crippen LogP contribution in [0.3, 0.4) is 0 Å². The highest BCUT2D eigenvalue weighted by Gasteiger charge is 2.56. The Balaban J connectivity index is 1.48. The Kier molecular flexibility index (Phi) is 3.72. The van der Waals surface area contributed by atoms with Crippen molar-refractivity contribution in [2.75, 3.05) is 0 Å². The minimum Gasteiger partial charge on any atom is -0.432 e. The number of ether oxygens (including phenoxy) is 2. The first-order valence-electron chi connectivity index (χ1n) is 8.79. The number of carbonyl (C=O) groups excluding carboxylic acids is 1. The highest BCUT2D eigenvalue weighted by molar-refractivity contribution is 5.77. The zero-order chi connectivity index (χ0) is 16.4. The van der Waals surface area contributed by atoms with E-state index in [1.807, 2.05) is 0 Å². The standard InChI is InChI=1S/C17H26O6/c1-8-12(18)13(19)14(20)15(22-8)23-16(21)17-5-9-2-10(6-17)4-11(3-9)7-17/h8-15,18-20H,2-7H2,1H3/t8-,9?,10?,11?,12-,13+,14+,15-,17?/m0/s1. The minimum atomic E-state index is -1.42. The number of esters is 1. The molecule has 6 nitrogen and oxygen atoms in total. The molecule has 0 spiro atoms. The van der Waals surface area contributed by atoms with E-state index in [-0.39, 0.29) is 5.97 Å². The van der Waals surface area contributed by atoms with Gasteiger partial charge in [-0.05, 0) is 63.2 Å². The Morgan fingerprint density at radius 2 is 1.48 bits per heavy atom. The van der Waals surface area contributed by atoms with Crippen molar-refractivity contribution >= 4 is 5.97 Å². The van der Waals surface area contributed by atoms with Crippen LogP contribution >= 0.6 is 0 Å². The first-order valence-corrected chi connectivity index (χ1v) is 8.79. The lowest BCUT2D eigenvalue weighted by atomic mass is 9.49. The maximum Gasteiger partial charge on any atom is 0.314 e. The van der Waals surface area contributed by atoms with E-state index in [1.54, 1.807) is 6.92 Å². The van der Waals surface area contributed by atoms with Gasteiger partial charge in [0.05, 0.1) is 11.5 Å². The van der Waals surface area contributed by atoms with Crippen molar-refractivity contribution in [3.8, 4) is 0 Å². The Bertz CT molecular complexity index is 456. The molecular formula is C17H26O6. The lowest BCUT2D eigenvalue weighted by molar-refractivity contribution is -0.290. The maximum atomic E-state index is 12.8. The van der Waals surface area contributed by atoms with Crippen LogP contribution in [0.4, 0.5) is 0 Å². The van der Waals surface area contributed by atoms with Gasteiger partial charge in [-0.2, -0.15) is 0 Å². The third kappa shape index (κ3) is 2.51. The lowest BCUT2D eigenvalue weighted by Gasteiger charge is -2.55. The maximum absolute atomic E-state index is 12.8. The molecule has 0 amide bonds. The van der Waals surface area contributed by atoms with E-state index in [1.165, 1.54) is 19.3 Å². The van der Waals surface area contributed by atoms with Crippen LogP contribution in [0.5, 0.6) is 0 Å². The largest absolute Gasteiger partial charge is 0.432 e. The van der Waals surface area contributed by atoms with Gasteiger partial charge >= 0.3 is 5.97 Å². The van der Waals surface area contributed by atoms with Crippen LogP contribution in [0.1, 0.15) is 45.4 Å². The molecule has 4 saturated carbocycles. The molecule has 4 bridgehead atoms. The van der Waals surface area contributed by atoms with Gasteiger partial charge in [0.15, 0.2) is 0 Å². The molecule has 0 unspecified atom stereocenters. The number of rotatable bonds is 2. The Morgan fingerprint density at radius 1 is 0.957 bits per heavy atom. The van der Waals surface area contributed by atoms with E-state index in [0.717, 1.165) is 19.3 Å². The average Bonchev–Trinajstić information content (AvgIpc) is 2.49. The summed E-state index contributed by atoms with van der Waals surface area (Å²) in [4.78, 5) is 12.8. The second kappa shape index (κ2) is 5.41. The smallest absolute Gasteiger partial charge is 0.314 e. The zero-order valence-corrected chi connectivity index (χ0v) is 13.4. The molecule has 4 aliphatic carbocycles. The van der Waals surface area contributed by atoms with Crippen molar-refractivity contribution in [2.45, 2.75) is 76.2 Å². The second-order valence-electron chi connectivity index (χ2n) is 8.28. The van der Waals surface area contributed by atoms with Gasteiger partial charge in [0.1, 0.15) is 18.3 Å². The molecule has 3 N–H and O–H groups in total. The van der Waals surface area contributed by atoms with Crippen LogP contribution < -0.4 is 0 Å². The number of aliphatic hydroxyl groups is 3. The number of hydrogen-bond donors (Lipinski definition) is 3. The molecule has 5 fully saturated rings. The van der Waals surface area contributed by atoms with Crippen molar-refractivity contribution < 1.29 is 29.6 Å². The fourth-order valence-corrected chi connectivity index (χ4v) is 5.70. The van der Waals surface area contributed by atoms with Crippen molar-refractivity contribution in [1.29, 1.82) is 0 Å². The molecule has 0 aromatic heterocycles. The van der Waals surface area contributed by atoms with Crippen LogP contribution in [0, 0.1) is 23.2 Å². The molecule has 130 valence electrons. The summed E-state index contributed by atoms with van der Waals surface area (Å²) in [5, 5.41) is 29.6. The molecule has 6 heteroatoms. The molecule has 0 aromatic carbocycles. The van der Waals surface area contributed by atoms with Gasteiger partial charge in [-0.15, -0.1) is 0 Å². The summed E-state index contributed by atoms with van der Waals surface area (Å²) in [7, 11) is 0. The van der Waals surface area contributed by atoms with E-state index in [2.05, 4.69) is 0 Å². The van der Waals surface area contributed by atoms with Crippen LogP contribution in [-0.4, -0.2) is 52.0 Å². The van der Waals surface area contributed by atoms with Crippen LogP contribution in [0.15, 0.2) is 0 Å².